The second-order valence-electron chi connectivity index (χ2n) is 13.7. The molecule has 5 nitrogen and oxygen atoms in total. The third-order valence-corrected chi connectivity index (χ3v) is 9.49. The van der Waals surface area contributed by atoms with Gasteiger partial charge >= 0.3 is 21.1 Å². The Hall–Kier alpha value is -4.47. The van der Waals surface area contributed by atoms with Crippen molar-refractivity contribution in [1.29, 1.82) is 0 Å². The van der Waals surface area contributed by atoms with Crippen LogP contribution in [0.2, 0.25) is 0 Å². The van der Waals surface area contributed by atoms with Crippen molar-refractivity contribution >= 4 is 21.8 Å². The molecule has 3 heterocycles. The van der Waals surface area contributed by atoms with Gasteiger partial charge in [-0.1, -0.05) is 101 Å². The Morgan fingerprint density at radius 1 is 0.765 bits per heavy atom. The van der Waals surface area contributed by atoms with E-state index in [2.05, 4.69) is 123 Å². The van der Waals surface area contributed by atoms with Gasteiger partial charge in [-0.3, -0.25) is 4.68 Å². The number of aromatic nitrogens is 4. The molecule has 6 heteroatoms. The summed E-state index contributed by atoms with van der Waals surface area (Å²) in [4.78, 5) is 4.72. The van der Waals surface area contributed by atoms with Crippen LogP contribution < -0.4 is 4.74 Å². The summed E-state index contributed by atoms with van der Waals surface area (Å²) < 4.78 is 10.8. The van der Waals surface area contributed by atoms with Crippen LogP contribution in [0, 0.1) is 19.1 Å². The molecule has 0 spiro atoms. The van der Waals surface area contributed by atoms with Gasteiger partial charge in [-0.2, -0.15) is 17.2 Å². The van der Waals surface area contributed by atoms with Crippen LogP contribution in [-0.2, 0) is 33.9 Å². The zero-order valence-electron chi connectivity index (χ0n) is 30.3. The normalized spacial score (nSPS) is 11.4. The molecule has 7 aromatic rings. The topological polar surface area (TPSA) is 44.9 Å². The van der Waals surface area contributed by atoms with E-state index in [9.17, 15) is 0 Å². The Bertz CT molecular complexity index is 2250. The fraction of sp³-hybridized carbons (Fsp3) is 0.289. The molecular weight excluding hydrogens is 808 g/mol. The molecule has 0 unspecified atom stereocenters. The summed E-state index contributed by atoms with van der Waals surface area (Å²) in [5.41, 5.74) is 10.3. The van der Waals surface area contributed by atoms with Gasteiger partial charge in [0.15, 0.2) is 0 Å². The van der Waals surface area contributed by atoms with Gasteiger partial charge in [0.1, 0.15) is 5.82 Å². The Kier molecular flexibility index (Phi) is 11.6. The molecule has 262 valence electrons. The minimum atomic E-state index is 0. The number of hydrogen-bond acceptors (Lipinski definition) is 3. The van der Waals surface area contributed by atoms with Crippen LogP contribution >= 0.6 is 0 Å². The summed E-state index contributed by atoms with van der Waals surface area (Å²) >= 11 is 0. The van der Waals surface area contributed by atoms with Crippen molar-refractivity contribution in [3.05, 3.63) is 132 Å². The van der Waals surface area contributed by atoms with Crippen molar-refractivity contribution < 1.29 is 25.8 Å². The first-order valence-corrected chi connectivity index (χ1v) is 18.2. The SMILES string of the molecule is CCCCCCc1c(-c2ccc(CCC)cc2)c(C(C)C)nn1-c1[c-]c(Oc2[c-]c3c(cc2)c2ccccc2n3-c2cc(C)ccn2)ccc1.[Pt+2]. The number of para-hydroxylation sites is 1. The third kappa shape index (κ3) is 7.60. The van der Waals surface area contributed by atoms with Crippen LogP contribution in [0.3, 0.4) is 0 Å². The van der Waals surface area contributed by atoms with E-state index in [-0.39, 0.29) is 27.0 Å². The number of rotatable bonds is 13. The Morgan fingerprint density at radius 3 is 2.33 bits per heavy atom. The number of hydrogen-bond donors (Lipinski definition) is 0. The van der Waals surface area contributed by atoms with Crippen molar-refractivity contribution in [2.24, 2.45) is 0 Å². The molecule has 4 aromatic carbocycles. The third-order valence-electron chi connectivity index (χ3n) is 9.49. The van der Waals surface area contributed by atoms with Crippen LogP contribution in [0.5, 0.6) is 11.5 Å². The maximum atomic E-state index is 6.53. The monoisotopic (exact) mass is 853 g/mol. The maximum absolute atomic E-state index is 6.53. The summed E-state index contributed by atoms with van der Waals surface area (Å²) in [6.45, 7) is 11.1. The number of benzene rings is 4. The molecule has 0 N–H and O–H groups in total. The van der Waals surface area contributed by atoms with Gasteiger partial charge in [-0.05, 0) is 78.1 Å². The van der Waals surface area contributed by atoms with E-state index in [1.165, 1.54) is 41.6 Å². The Labute approximate surface area is 317 Å². The number of nitrogens with zero attached hydrogens (tertiary/aromatic N) is 4. The minimum Gasteiger partial charge on any atom is -0.509 e. The van der Waals surface area contributed by atoms with Crippen LogP contribution in [0.15, 0.2) is 97.2 Å². The zero-order valence-corrected chi connectivity index (χ0v) is 32.6. The molecule has 0 radical (unpaired) electrons. The summed E-state index contributed by atoms with van der Waals surface area (Å²) in [5.74, 6) is 2.38. The fourth-order valence-corrected chi connectivity index (χ4v) is 7.02. The van der Waals surface area contributed by atoms with Gasteiger partial charge in [0, 0.05) is 34.5 Å². The summed E-state index contributed by atoms with van der Waals surface area (Å²) in [7, 11) is 0. The molecule has 0 saturated carbocycles. The molecule has 0 amide bonds. The first-order chi connectivity index (χ1) is 24.4. The summed E-state index contributed by atoms with van der Waals surface area (Å²) in [6, 6.07) is 39.0. The van der Waals surface area contributed by atoms with Crippen molar-refractivity contribution in [3.63, 3.8) is 0 Å². The molecular formula is C45H46N4OPt. The molecule has 0 bridgehead atoms. The molecule has 0 aliphatic carbocycles. The van der Waals surface area contributed by atoms with E-state index >= 15 is 0 Å². The van der Waals surface area contributed by atoms with Gasteiger partial charge in [-0.25, -0.2) is 4.98 Å². The van der Waals surface area contributed by atoms with Crippen molar-refractivity contribution in [1.82, 2.24) is 19.3 Å². The van der Waals surface area contributed by atoms with E-state index in [0.717, 1.165) is 70.3 Å². The number of fused-ring (bicyclic) bond motifs is 3. The van der Waals surface area contributed by atoms with E-state index in [1.54, 1.807) is 0 Å². The summed E-state index contributed by atoms with van der Waals surface area (Å²) in [6.07, 6.45) is 9.81. The molecule has 7 rings (SSSR count). The molecule has 51 heavy (non-hydrogen) atoms. The van der Waals surface area contributed by atoms with Gasteiger partial charge in [0.2, 0.25) is 0 Å². The maximum Gasteiger partial charge on any atom is 2.00 e. The van der Waals surface area contributed by atoms with Crippen LogP contribution in [0.25, 0.3) is 44.4 Å². The van der Waals surface area contributed by atoms with E-state index < -0.39 is 0 Å². The minimum absolute atomic E-state index is 0. The van der Waals surface area contributed by atoms with Crippen LogP contribution in [0.4, 0.5) is 0 Å². The molecule has 0 aliphatic heterocycles. The van der Waals surface area contributed by atoms with Gasteiger partial charge in [0.25, 0.3) is 0 Å². The molecule has 0 fully saturated rings. The molecule has 0 atom stereocenters. The summed E-state index contributed by atoms with van der Waals surface area (Å²) in [5, 5.41) is 7.55. The standard InChI is InChI=1S/C45H46N4O.Pt/c1-6-8-9-10-19-41-44(34-22-20-33(14-7-2)21-23-34)45(31(3)4)47-49(41)35-15-13-16-36(29-35)50-37-24-25-39-38-17-11-12-18-40(38)48(42(39)30-37)43-28-32(5)26-27-46-43;/h11-13,15-18,20-28,31H,6-10,14,19H2,1-5H3;/q-2;+2. The van der Waals surface area contributed by atoms with E-state index in [0.29, 0.717) is 11.5 Å². The quantitative estimate of drug-likeness (QED) is 0.0857. The average molecular weight is 854 g/mol. The smallest absolute Gasteiger partial charge is 0.509 e. The van der Waals surface area contributed by atoms with Gasteiger partial charge in [0.05, 0.1) is 5.69 Å². The second-order valence-corrected chi connectivity index (χ2v) is 13.7. The predicted octanol–water partition coefficient (Wildman–Crippen LogP) is 11.9. The van der Waals surface area contributed by atoms with Crippen LogP contribution in [0.1, 0.15) is 88.2 Å². The average Bonchev–Trinajstić information content (AvgIpc) is 3.67. The number of pyridine rings is 1. The number of ether oxygens (including phenoxy) is 1. The Balaban J connectivity index is 0.00000448. The van der Waals surface area contributed by atoms with Crippen LogP contribution in [-0.4, -0.2) is 19.3 Å². The largest absolute Gasteiger partial charge is 2.00 e. The van der Waals surface area contributed by atoms with Crippen molar-refractivity contribution in [2.75, 3.05) is 0 Å². The second kappa shape index (κ2) is 16.3. The first kappa shape index (κ1) is 36.3. The molecule has 0 aliphatic rings. The van der Waals surface area contributed by atoms with Crippen molar-refractivity contribution in [3.8, 4) is 34.1 Å². The number of aryl methyl sites for hydroxylation is 2. The molecule has 3 aromatic heterocycles. The fourth-order valence-electron chi connectivity index (χ4n) is 7.02. The van der Waals surface area contributed by atoms with Gasteiger partial charge < -0.3 is 9.30 Å². The zero-order chi connectivity index (χ0) is 34.6. The Morgan fingerprint density at radius 2 is 1.57 bits per heavy atom. The predicted molar refractivity (Wildman–Crippen MR) is 206 cm³/mol. The number of unbranched alkanes of at least 4 members (excludes halogenated alkanes) is 3. The molecule has 0 saturated heterocycles. The first-order valence-electron chi connectivity index (χ1n) is 18.2. The van der Waals surface area contributed by atoms with E-state index in [4.69, 9.17) is 14.8 Å². The van der Waals surface area contributed by atoms with Crippen molar-refractivity contribution in [2.45, 2.75) is 85.5 Å². The van der Waals surface area contributed by atoms with Gasteiger partial charge in [-0.15, -0.1) is 35.7 Å². The van der Waals surface area contributed by atoms with E-state index in [1.807, 2.05) is 30.5 Å².